The summed E-state index contributed by atoms with van der Waals surface area (Å²) in [7, 11) is 1.56. The van der Waals surface area contributed by atoms with Crippen molar-refractivity contribution >= 4 is 12.0 Å². The monoisotopic (exact) mass is 283 g/mol. The maximum Gasteiger partial charge on any atom is 0.150 e. The highest BCUT2D eigenvalue weighted by atomic mass is 19.1. The highest BCUT2D eigenvalue weighted by Gasteiger charge is 2.34. The summed E-state index contributed by atoms with van der Waals surface area (Å²) in [5.74, 6) is -0.928. The third-order valence-electron chi connectivity index (χ3n) is 3.79. The van der Waals surface area contributed by atoms with Crippen molar-refractivity contribution in [3.05, 3.63) is 29.3 Å². The van der Waals surface area contributed by atoms with Crippen LogP contribution < -0.4 is 4.90 Å². The molecule has 1 fully saturated rings. The van der Waals surface area contributed by atoms with Crippen LogP contribution >= 0.6 is 0 Å². The minimum absolute atomic E-state index is 0.00881. The molecular weight excluding hydrogens is 264 g/mol. The molecule has 0 heterocycles. The zero-order valence-electron chi connectivity index (χ0n) is 11.7. The Morgan fingerprint density at radius 1 is 1.40 bits per heavy atom. The molecular formula is C15H19F2NO2. The zero-order valence-corrected chi connectivity index (χ0v) is 11.7. The molecule has 5 heteroatoms. The molecule has 0 spiro atoms. The quantitative estimate of drug-likeness (QED) is 0.720. The number of hydrogen-bond donors (Lipinski definition) is 0. The maximum atomic E-state index is 14.1. The number of methoxy groups -OCH3 is 1. The second kappa shape index (κ2) is 6.31. The molecule has 1 aliphatic rings. The van der Waals surface area contributed by atoms with Crippen LogP contribution in [0.5, 0.6) is 0 Å². The van der Waals surface area contributed by atoms with Gasteiger partial charge in [-0.25, -0.2) is 8.78 Å². The van der Waals surface area contributed by atoms with E-state index in [1.165, 1.54) is 0 Å². The first-order chi connectivity index (χ1) is 9.58. The molecule has 0 aliphatic heterocycles. The van der Waals surface area contributed by atoms with E-state index in [2.05, 4.69) is 0 Å². The first-order valence-corrected chi connectivity index (χ1v) is 6.78. The van der Waals surface area contributed by atoms with E-state index < -0.39 is 11.6 Å². The number of aldehydes is 1. The summed E-state index contributed by atoms with van der Waals surface area (Å²) in [4.78, 5) is 12.4. The summed E-state index contributed by atoms with van der Waals surface area (Å²) in [6, 6.07) is 2.20. The Morgan fingerprint density at radius 3 is 2.45 bits per heavy atom. The molecule has 3 nitrogen and oxygen atoms in total. The van der Waals surface area contributed by atoms with Gasteiger partial charge in [0.05, 0.1) is 6.61 Å². The van der Waals surface area contributed by atoms with E-state index in [4.69, 9.17) is 4.74 Å². The predicted octanol–water partition coefficient (Wildman–Crippen LogP) is 3.03. The number of carbonyl (C=O) groups excluding carboxylic acids is 1. The standard InChI is InChI=1S/C15H19F2NO2/c1-10(12-3-4-12)18(5-6-20-2)15-13(16)7-11(9-19)8-14(15)17/h7-10,12H,3-6H2,1-2H3. The van der Waals surface area contributed by atoms with Crippen molar-refractivity contribution in [2.75, 3.05) is 25.2 Å². The third-order valence-corrected chi connectivity index (χ3v) is 3.79. The Balaban J connectivity index is 2.33. The normalized spacial score (nSPS) is 16.0. The number of ether oxygens (including phenoxy) is 1. The Kier molecular flexibility index (Phi) is 4.70. The summed E-state index contributed by atoms with van der Waals surface area (Å²) < 4.78 is 33.3. The molecule has 20 heavy (non-hydrogen) atoms. The van der Waals surface area contributed by atoms with Crippen LogP contribution in [-0.2, 0) is 4.74 Å². The average molecular weight is 283 g/mol. The van der Waals surface area contributed by atoms with Gasteiger partial charge >= 0.3 is 0 Å². The van der Waals surface area contributed by atoms with Crippen LogP contribution in [0.4, 0.5) is 14.5 Å². The molecule has 1 saturated carbocycles. The summed E-state index contributed by atoms with van der Waals surface area (Å²) >= 11 is 0. The number of anilines is 1. The van der Waals surface area contributed by atoms with E-state index >= 15 is 0 Å². The molecule has 1 aromatic carbocycles. The second-order valence-corrected chi connectivity index (χ2v) is 5.22. The van der Waals surface area contributed by atoms with Gasteiger partial charge in [0.15, 0.2) is 0 Å². The molecule has 0 aromatic heterocycles. The molecule has 0 bridgehead atoms. The Hall–Kier alpha value is -1.49. The van der Waals surface area contributed by atoms with Gasteiger partial charge in [0.2, 0.25) is 0 Å². The van der Waals surface area contributed by atoms with E-state index in [-0.39, 0.29) is 17.3 Å². The molecule has 0 N–H and O–H groups in total. The van der Waals surface area contributed by atoms with Gasteiger partial charge in [-0.15, -0.1) is 0 Å². The van der Waals surface area contributed by atoms with Gasteiger partial charge in [-0.2, -0.15) is 0 Å². The number of hydrogen-bond acceptors (Lipinski definition) is 3. The number of nitrogens with zero attached hydrogens (tertiary/aromatic N) is 1. The second-order valence-electron chi connectivity index (χ2n) is 5.22. The molecule has 1 aliphatic carbocycles. The van der Waals surface area contributed by atoms with E-state index in [1.807, 2.05) is 6.92 Å². The van der Waals surface area contributed by atoms with Gasteiger partial charge in [-0.3, -0.25) is 4.79 Å². The van der Waals surface area contributed by atoms with Crippen molar-refractivity contribution in [3.8, 4) is 0 Å². The van der Waals surface area contributed by atoms with Gasteiger partial charge in [-0.05, 0) is 37.8 Å². The lowest BCUT2D eigenvalue weighted by Gasteiger charge is -2.32. The first kappa shape index (κ1) is 14.9. The van der Waals surface area contributed by atoms with Crippen LogP contribution in [0.3, 0.4) is 0 Å². The number of rotatable bonds is 7. The lowest BCUT2D eigenvalue weighted by Crippen LogP contribution is -2.38. The molecule has 1 aromatic rings. The highest BCUT2D eigenvalue weighted by Crippen LogP contribution is 2.38. The Labute approximate surface area is 117 Å². The summed E-state index contributed by atoms with van der Waals surface area (Å²) in [5, 5.41) is 0. The van der Waals surface area contributed by atoms with Crippen molar-refractivity contribution in [2.45, 2.75) is 25.8 Å². The molecule has 0 radical (unpaired) electrons. The smallest absolute Gasteiger partial charge is 0.150 e. The van der Waals surface area contributed by atoms with Crippen LogP contribution in [0.15, 0.2) is 12.1 Å². The molecule has 110 valence electrons. The van der Waals surface area contributed by atoms with E-state index in [1.54, 1.807) is 12.0 Å². The van der Waals surface area contributed by atoms with Crippen LogP contribution in [0, 0.1) is 17.6 Å². The van der Waals surface area contributed by atoms with Gasteiger partial charge in [0.25, 0.3) is 0 Å². The van der Waals surface area contributed by atoms with Crippen molar-refractivity contribution < 1.29 is 18.3 Å². The van der Waals surface area contributed by atoms with Gasteiger partial charge < -0.3 is 9.64 Å². The zero-order chi connectivity index (χ0) is 14.7. The number of carbonyl (C=O) groups is 1. The number of halogens is 2. The van der Waals surface area contributed by atoms with Crippen molar-refractivity contribution in [1.82, 2.24) is 0 Å². The van der Waals surface area contributed by atoms with Crippen LogP contribution in [-0.4, -0.2) is 32.6 Å². The van der Waals surface area contributed by atoms with Crippen molar-refractivity contribution in [2.24, 2.45) is 5.92 Å². The molecule has 2 rings (SSSR count). The SMILES string of the molecule is COCCN(c1c(F)cc(C=O)cc1F)C(C)C1CC1. The van der Waals surface area contributed by atoms with Gasteiger partial charge in [0, 0.05) is 25.3 Å². The first-order valence-electron chi connectivity index (χ1n) is 6.78. The lowest BCUT2D eigenvalue weighted by atomic mass is 10.1. The van der Waals surface area contributed by atoms with Crippen LogP contribution in [0.2, 0.25) is 0 Å². The van der Waals surface area contributed by atoms with Gasteiger partial charge in [0.1, 0.15) is 23.6 Å². The van der Waals surface area contributed by atoms with Crippen molar-refractivity contribution in [3.63, 3.8) is 0 Å². The average Bonchev–Trinajstić information content (AvgIpc) is 3.25. The third kappa shape index (κ3) is 3.15. The van der Waals surface area contributed by atoms with Crippen molar-refractivity contribution in [1.29, 1.82) is 0 Å². The maximum absolute atomic E-state index is 14.1. The fourth-order valence-electron chi connectivity index (χ4n) is 2.47. The largest absolute Gasteiger partial charge is 0.383 e. The van der Waals surface area contributed by atoms with Crippen LogP contribution in [0.1, 0.15) is 30.1 Å². The summed E-state index contributed by atoms with van der Waals surface area (Å²) in [6.45, 7) is 2.79. The fraction of sp³-hybridized carbons (Fsp3) is 0.533. The highest BCUT2D eigenvalue weighted by molar-refractivity contribution is 5.76. The van der Waals surface area contributed by atoms with Crippen LogP contribution in [0.25, 0.3) is 0 Å². The molecule has 0 amide bonds. The molecule has 1 unspecified atom stereocenters. The van der Waals surface area contributed by atoms with E-state index in [9.17, 15) is 13.6 Å². The molecule has 1 atom stereocenters. The lowest BCUT2D eigenvalue weighted by molar-refractivity contribution is 0.112. The topological polar surface area (TPSA) is 29.5 Å². The van der Waals surface area contributed by atoms with Gasteiger partial charge in [-0.1, -0.05) is 0 Å². The number of benzene rings is 1. The fourth-order valence-corrected chi connectivity index (χ4v) is 2.47. The Bertz CT molecular complexity index is 466. The summed E-state index contributed by atoms with van der Waals surface area (Å²) in [5.41, 5.74) is -0.0541. The molecule has 0 saturated heterocycles. The predicted molar refractivity (Wildman–Crippen MR) is 73.2 cm³/mol. The Morgan fingerprint density at radius 2 is 2.00 bits per heavy atom. The van der Waals surface area contributed by atoms with E-state index in [0.29, 0.717) is 25.4 Å². The van der Waals surface area contributed by atoms with E-state index in [0.717, 1.165) is 25.0 Å². The summed E-state index contributed by atoms with van der Waals surface area (Å²) in [6.07, 6.45) is 2.61. The minimum atomic E-state index is -0.698. The minimum Gasteiger partial charge on any atom is -0.383 e.